The topological polar surface area (TPSA) is 82.1 Å². The Balaban J connectivity index is 1.75. The molecule has 0 aromatic heterocycles. The van der Waals surface area contributed by atoms with Crippen LogP contribution in [0.15, 0.2) is 18.2 Å². The van der Waals surface area contributed by atoms with Crippen LogP contribution in [0.3, 0.4) is 0 Å². The van der Waals surface area contributed by atoms with Gasteiger partial charge < -0.3 is 19.1 Å². The zero-order valence-electron chi connectivity index (χ0n) is 18.6. The van der Waals surface area contributed by atoms with Crippen molar-refractivity contribution in [3.63, 3.8) is 0 Å². The van der Waals surface area contributed by atoms with Crippen molar-refractivity contribution >= 4 is 17.8 Å². The number of hydrogen-bond donors (Lipinski definition) is 0. The van der Waals surface area contributed by atoms with Gasteiger partial charge in [0.25, 0.3) is 5.91 Å². The maximum absolute atomic E-state index is 13.3. The van der Waals surface area contributed by atoms with Gasteiger partial charge in [0.1, 0.15) is 5.75 Å². The number of amides is 1. The molecule has 0 aliphatic heterocycles. The molecule has 7 nitrogen and oxygen atoms in total. The van der Waals surface area contributed by atoms with Crippen LogP contribution in [0.25, 0.3) is 0 Å². The summed E-state index contributed by atoms with van der Waals surface area (Å²) in [6, 6.07) is 4.91. The Labute approximate surface area is 184 Å². The highest BCUT2D eigenvalue weighted by molar-refractivity contribution is 5.96. The fourth-order valence-corrected chi connectivity index (χ4v) is 4.80. The van der Waals surface area contributed by atoms with E-state index < -0.39 is 11.9 Å². The molecule has 7 heteroatoms. The number of methoxy groups -OCH3 is 2. The van der Waals surface area contributed by atoms with Crippen molar-refractivity contribution in [2.24, 2.45) is 0 Å². The average Bonchev–Trinajstić information content (AvgIpc) is 2.83. The van der Waals surface area contributed by atoms with Crippen molar-refractivity contribution in [3.05, 3.63) is 29.3 Å². The fourth-order valence-electron chi connectivity index (χ4n) is 4.80. The minimum Gasteiger partial charge on any atom is -0.484 e. The molecular weight excluding hydrogens is 398 g/mol. The Bertz CT molecular complexity index is 728. The number of rotatable bonds is 7. The van der Waals surface area contributed by atoms with Gasteiger partial charge in [0, 0.05) is 12.1 Å². The smallest absolute Gasteiger partial charge is 0.338 e. The van der Waals surface area contributed by atoms with Crippen molar-refractivity contribution in [1.29, 1.82) is 0 Å². The SMILES string of the molecule is COC(=O)c1cc(OCC(=O)N(C2CCCCC2)C2CCCCC2)cc(C(=O)OC)c1. The Morgan fingerprint density at radius 2 is 1.23 bits per heavy atom. The summed E-state index contributed by atoms with van der Waals surface area (Å²) < 4.78 is 15.3. The van der Waals surface area contributed by atoms with Crippen LogP contribution in [0.4, 0.5) is 0 Å². The molecule has 0 unspecified atom stereocenters. The van der Waals surface area contributed by atoms with E-state index in [1.807, 2.05) is 0 Å². The van der Waals surface area contributed by atoms with Gasteiger partial charge in [-0.2, -0.15) is 0 Å². The van der Waals surface area contributed by atoms with Crippen molar-refractivity contribution < 1.29 is 28.6 Å². The lowest BCUT2D eigenvalue weighted by molar-refractivity contribution is -0.140. The van der Waals surface area contributed by atoms with Gasteiger partial charge in [0.2, 0.25) is 0 Å². The summed E-state index contributed by atoms with van der Waals surface area (Å²) in [5.74, 6) is -0.938. The molecule has 0 N–H and O–H groups in total. The summed E-state index contributed by atoms with van der Waals surface area (Å²) >= 11 is 0. The van der Waals surface area contributed by atoms with Gasteiger partial charge in [-0.1, -0.05) is 38.5 Å². The second kappa shape index (κ2) is 11.2. The van der Waals surface area contributed by atoms with Crippen LogP contribution >= 0.6 is 0 Å². The van der Waals surface area contributed by atoms with Gasteiger partial charge in [0.05, 0.1) is 25.3 Å². The number of hydrogen-bond acceptors (Lipinski definition) is 6. The first-order chi connectivity index (χ1) is 15.0. The number of ether oxygens (including phenoxy) is 3. The van der Waals surface area contributed by atoms with Crippen LogP contribution in [0.1, 0.15) is 84.9 Å². The summed E-state index contributed by atoms with van der Waals surface area (Å²) in [6.45, 7) is -0.127. The van der Waals surface area contributed by atoms with Crippen molar-refractivity contribution in [3.8, 4) is 5.75 Å². The first-order valence-corrected chi connectivity index (χ1v) is 11.3. The molecule has 0 saturated heterocycles. The summed E-state index contributed by atoms with van der Waals surface area (Å²) in [5.41, 5.74) is 0.341. The minimum atomic E-state index is -0.590. The first-order valence-electron chi connectivity index (χ1n) is 11.3. The fraction of sp³-hybridized carbons (Fsp3) is 0.625. The number of nitrogens with zero attached hydrogens (tertiary/aromatic N) is 1. The highest BCUT2D eigenvalue weighted by Gasteiger charge is 2.32. The van der Waals surface area contributed by atoms with E-state index in [0.29, 0.717) is 0 Å². The van der Waals surface area contributed by atoms with Gasteiger partial charge >= 0.3 is 11.9 Å². The molecule has 0 atom stereocenters. The molecule has 170 valence electrons. The largest absolute Gasteiger partial charge is 0.484 e. The maximum atomic E-state index is 13.3. The molecule has 1 aromatic rings. The van der Waals surface area contributed by atoms with Gasteiger partial charge in [-0.25, -0.2) is 9.59 Å². The predicted octanol–water partition coefficient (Wildman–Crippen LogP) is 4.13. The molecule has 0 bridgehead atoms. The molecule has 2 aliphatic carbocycles. The van der Waals surface area contributed by atoms with E-state index in [0.717, 1.165) is 51.4 Å². The summed E-state index contributed by atoms with van der Waals surface area (Å²) in [5, 5.41) is 0. The monoisotopic (exact) mass is 431 g/mol. The summed E-state index contributed by atoms with van der Waals surface area (Å²) in [7, 11) is 2.53. The van der Waals surface area contributed by atoms with Gasteiger partial charge in [-0.05, 0) is 43.9 Å². The third kappa shape index (κ3) is 5.99. The summed E-state index contributed by atoms with van der Waals surface area (Å²) in [6.07, 6.45) is 11.3. The van der Waals surface area contributed by atoms with Crippen molar-refractivity contribution in [1.82, 2.24) is 4.90 Å². The molecule has 31 heavy (non-hydrogen) atoms. The number of carbonyl (C=O) groups is 3. The number of esters is 2. The molecule has 0 radical (unpaired) electrons. The lowest BCUT2D eigenvalue weighted by atomic mass is 9.88. The molecule has 2 aliphatic rings. The molecule has 0 heterocycles. The molecule has 2 saturated carbocycles. The second-order valence-corrected chi connectivity index (χ2v) is 8.40. The van der Waals surface area contributed by atoms with Crippen LogP contribution in [0.2, 0.25) is 0 Å². The Kier molecular flexibility index (Phi) is 8.32. The second-order valence-electron chi connectivity index (χ2n) is 8.40. The zero-order chi connectivity index (χ0) is 22.2. The van der Waals surface area contributed by atoms with Crippen LogP contribution < -0.4 is 4.74 Å². The van der Waals surface area contributed by atoms with E-state index in [9.17, 15) is 14.4 Å². The lowest BCUT2D eigenvalue weighted by Gasteiger charge is -2.41. The Morgan fingerprint density at radius 3 is 1.65 bits per heavy atom. The van der Waals surface area contributed by atoms with Crippen LogP contribution in [0.5, 0.6) is 5.75 Å². The van der Waals surface area contributed by atoms with Crippen molar-refractivity contribution in [2.75, 3.05) is 20.8 Å². The van der Waals surface area contributed by atoms with Gasteiger partial charge in [-0.15, -0.1) is 0 Å². The predicted molar refractivity (Wildman–Crippen MR) is 115 cm³/mol. The minimum absolute atomic E-state index is 0.0260. The van der Waals surface area contributed by atoms with E-state index in [-0.39, 0.29) is 41.5 Å². The van der Waals surface area contributed by atoms with Gasteiger partial charge in [0.15, 0.2) is 6.61 Å². The van der Waals surface area contributed by atoms with Crippen LogP contribution in [0, 0.1) is 0 Å². The maximum Gasteiger partial charge on any atom is 0.338 e. The average molecular weight is 432 g/mol. The van der Waals surface area contributed by atoms with E-state index in [4.69, 9.17) is 14.2 Å². The molecule has 1 amide bonds. The molecule has 1 aromatic carbocycles. The zero-order valence-corrected chi connectivity index (χ0v) is 18.6. The first kappa shape index (κ1) is 23.1. The quantitative estimate of drug-likeness (QED) is 0.604. The highest BCUT2D eigenvalue weighted by atomic mass is 16.5. The van der Waals surface area contributed by atoms with E-state index >= 15 is 0 Å². The number of benzene rings is 1. The Morgan fingerprint density at radius 1 is 0.774 bits per heavy atom. The Hall–Kier alpha value is -2.57. The normalized spacial score (nSPS) is 17.6. The third-order valence-corrected chi connectivity index (χ3v) is 6.34. The van der Waals surface area contributed by atoms with Crippen molar-refractivity contribution in [2.45, 2.75) is 76.3 Å². The highest BCUT2D eigenvalue weighted by Crippen LogP contribution is 2.30. The molecule has 2 fully saturated rings. The number of carbonyl (C=O) groups excluding carboxylic acids is 3. The third-order valence-electron chi connectivity index (χ3n) is 6.34. The standard InChI is InChI=1S/C24H33NO6/c1-29-23(27)17-13-18(24(28)30-2)15-21(14-17)31-16-22(26)25(19-9-5-3-6-10-19)20-11-7-4-8-12-20/h13-15,19-20H,3-12,16H2,1-2H3. The molecular formula is C24H33NO6. The van der Waals surface area contributed by atoms with Crippen LogP contribution in [-0.4, -0.2) is 55.7 Å². The van der Waals surface area contributed by atoms with Gasteiger partial charge in [-0.3, -0.25) is 4.79 Å². The molecule has 3 rings (SSSR count). The van der Waals surface area contributed by atoms with Crippen LogP contribution in [-0.2, 0) is 14.3 Å². The lowest BCUT2D eigenvalue weighted by Crippen LogP contribution is -2.50. The molecule has 0 spiro atoms. The van der Waals surface area contributed by atoms with E-state index in [1.165, 1.54) is 45.3 Å². The van der Waals surface area contributed by atoms with E-state index in [1.54, 1.807) is 0 Å². The van der Waals surface area contributed by atoms with E-state index in [2.05, 4.69) is 4.90 Å². The summed E-state index contributed by atoms with van der Waals surface area (Å²) in [4.78, 5) is 39.3.